The lowest BCUT2D eigenvalue weighted by molar-refractivity contribution is -0.192. The van der Waals surface area contributed by atoms with Gasteiger partial charge < -0.3 is 19.8 Å². The van der Waals surface area contributed by atoms with Gasteiger partial charge >= 0.3 is 18.1 Å². The van der Waals surface area contributed by atoms with E-state index in [0.717, 1.165) is 64.4 Å². The molecule has 4 heterocycles. The van der Waals surface area contributed by atoms with Crippen LogP contribution in [0, 0.1) is 0 Å². The number of rotatable bonds is 5. The average molecular weight is 640 g/mol. The summed E-state index contributed by atoms with van der Waals surface area (Å²) in [5.41, 5.74) is 6.53. The molecule has 10 nitrogen and oxygen atoms in total. The Balaban J connectivity index is 0.000000460. The number of aromatic carboxylic acids is 1. The van der Waals surface area contributed by atoms with E-state index in [1.54, 1.807) is 12.1 Å². The van der Waals surface area contributed by atoms with Crippen molar-refractivity contribution in [1.82, 2.24) is 19.6 Å². The van der Waals surface area contributed by atoms with Crippen molar-refractivity contribution < 1.29 is 37.7 Å². The molecule has 1 saturated heterocycles. The smallest absolute Gasteiger partial charge is 0.478 e. The van der Waals surface area contributed by atoms with Crippen LogP contribution in [0.1, 0.15) is 40.0 Å². The predicted octanol–water partition coefficient (Wildman–Crippen LogP) is 6.04. The minimum absolute atomic E-state index is 0.163. The summed E-state index contributed by atoms with van der Waals surface area (Å²) in [7, 11) is 0. The van der Waals surface area contributed by atoms with E-state index in [4.69, 9.17) is 36.2 Å². The zero-order chi connectivity index (χ0) is 31.9. The molecule has 0 spiro atoms. The van der Waals surface area contributed by atoms with Gasteiger partial charge in [0, 0.05) is 47.6 Å². The van der Waals surface area contributed by atoms with Crippen LogP contribution in [0.3, 0.4) is 0 Å². The molecule has 0 bridgehead atoms. The Morgan fingerprint density at radius 2 is 1.62 bits per heavy atom. The fourth-order valence-electron chi connectivity index (χ4n) is 5.44. The fourth-order valence-corrected chi connectivity index (χ4v) is 5.62. The minimum Gasteiger partial charge on any atom is -0.478 e. The molecule has 5 aromatic rings. The summed E-state index contributed by atoms with van der Waals surface area (Å²) in [5.74, 6) is -3.32. The maximum atomic E-state index is 11.5. The highest BCUT2D eigenvalue weighted by Gasteiger charge is 2.45. The Labute approximate surface area is 258 Å². The lowest BCUT2D eigenvalue weighted by Crippen LogP contribution is -2.36. The molecule has 1 aliphatic carbocycles. The van der Waals surface area contributed by atoms with E-state index in [-0.39, 0.29) is 17.4 Å². The number of carboxylic acid groups (broad SMARTS) is 2. The molecule has 0 radical (unpaired) electrons. The van der Waals surface area contributed by atoms with Crippen molar-refractivity contribution >= 4 is 45.8 Å². The van der Waals surface area contributed by atoms with Gasteiger partial charge in [-0.25, -0.2) is 19.1 Å². The number of imidazole rings is 1. The molecule has 7 rings (SSSR count). The van der Waals surface area contributed by atoms with Gasteiger partial charge in [0.15, 0.2) is 10.8 Å². The fraction of sp³-hybridized carbons (Fsp3) is 0.258. The molecule has 45 heavy (non-hydrogen) atoms. The number of para-hydroxylation sites is 1. The molecule has 2 aliphatic rings. The number of aromatic nitrogens is 4. The molecule has 232 valence electrons. The van der Waals surface area contributed by atoms with Crippen LogP contribution in [0.25, 0.3) is 27.8 Å². The van der Waals surface area contributed by atoms with Crippen LogP contribution in [0.5, 0.6) is 0 Å². The van der Waals surface area contributed by atoms with E-state index >= 15 is 0 Å². The molecule has 14 heteroatoms. The molecule has 3 aromatic heterocycles. The number of morpholine rings is 1. The molecule has 2 aromatic carbocycles. The van der Waals surface area contributed by atoms with Crippen molar-refractivity contribution in [2.75, 3.05) is 31.2 Å². The number of ether oxygens (including phenoxy) is 1. The summed E-state index contributed by atoms with van der Waals surface area (Å²) < 4.78 is 39.1. The van der Waals surface area contributed by atoms with E-state index in [2.05, 4.69) is 28.2 Å². The molecule has 2 N–H and O–H groups in total. The maximum Gasteiger partial charge on any atom is 0.490 e. The number of aliphatic carboxylic acids is 1. The number of hydrogen-bond acceptors (Lipinski definition) is 7. The van der Waals surface area contributed by atoms with E-state index in [1.165, 1.54) is 0 Å². The van der Waals surface area contributed by atoms with Crippen molar-refractivity contribution in [2.45, 2.75) is 24.4 Å². The number of carbonyl (C=O) groups is 2. The van der Waals surface area contributed by atoms with Gasteiger partial charge in [-0.2, -0.15) is 18.3 Å². The van der Waals surface area contributed by atoms with Crippen molar-refractivity contribution in [3.63, 3.8) is 0 Å². The number of halogens is 4. The van der Waals surface area contributed by atoms with Crippen molar-refractivity contribution in [3.8, 4) is 11.3 Å². The highest BCUT2D eigenvalue weighted by atomic mass is 35.5. The molecular weight excluding hydrogens is 615 g/mol. The number of hydrogen-bond donors (Lipinski definition) is 2. The van der Waals surface area contributed by atoms with E-state index in [1.807, 2.05) is 40.9 Å². The molecule has 0 unspecified atom stereocenters. The van der Waals surface area contributed by atoms with Crippen LogP contribution < -0.4 is 4.90 Å². The van der Waals surface area contributed by atoms with Gasteiger partial charge in [0.05, 0.1) is 41.4 Å². The summed E-state index contributed by atoms with van der Waals surface area (Å²) in [6.07, 6.45) is -4.16. The van der Waals surface area contributed by atoms with Crippen LogP contribution in [0.2, 0.25) is 5.15 Å². The third-order valence-electron chi connectivity index (χ3n) is 7.70. The van der Waals surface area contributed by atoms with Gasteiger partial charge in [0.25, 0.3) is 0 Å². The van der Waals surface area contributed by atoms with Gasteiger partial charge in [0.1, 0.15) is 0 Å². The van der Waals surface area contributed by atoms with Crippen LogP contribution >= 0.6 is 11.6 Å². The maximum absolute atomic E-state index is 11.5. The van der Waals surface area contributed by atoms with E-state index < -0.39 is 18.1 Å². The third-order valence-corrected chi connectivity index (χ3v) is 7.89. The topological polar surface area (TPSA) is 130 Å². The van der Waals surface area contributed by atoms with Crippen molar-refractivity contribution in [2.24, 2.45) is 0 Å². The van der Waals surface area contributed by atoms with Gasteiger partial charge in [-0.3, -0.25) is 4.98 Å². The normalized spacial score (nSPS) is 18.0. The van der Waals surface area contributed by atoms with E-state index in [0.29, 0.717) is 18.4 Å². The summed E-state index contributed by atoms with van der Waals surface area (Å²) in [6, 6.07) is 21.1. The first-order valence-electron chi connectivity index (χ1n) is 13.9. The molecule has 0 amide bonds. The van der Waals surface area contributed by atoms with Gasteiger partial charge in [-0.15, -0.1) is 0 Å². The quantitative estimate of drug-likeness (QED) is 0.236. The van der Waals surface area contributed by atoms with Gasteiger partial charge in [-0.05, 0) is 30.7 Å². The highest BCUT2D eigenvalue weighted by molar-refractivity contribution is 6.29. The van der Waals surface area contributed by atoms with Crippen LogP contribution in [-0.4, -0.2) is 74.2 Å². The summed E-state index contributed by atoms with van der Waals surface area (Å²) in [5, 5.41) is 22.7. The lowest BCUT2D eigenvalue weighted by atomic mass is 10.0. The Bertz CT molecular complexity index is 1910. The second-order valence-electron chi connectivity index (χ2n) is 10.6. The first-order chi connectivity index (χ1) is 21.5. The Morgan fingerprint density at radius 1 is 0.933 bits per heavy atom. The van der Waals surface area contributed by atoms with Crippen molar-refractivity contribution in [1.29, 1.82) is 0 Å². The Morgan fingerprint density at radius 3 is 2.29 bits per heavy atom. The molecule has 1 saturated carbocycles. The van der Waals surface area contributed by atoms with Crippen molar-refractivity contribution in [3.05, 3.63) is 88.8 Å². The lowest BCUT2D eigenvalue weighted by Gasteiger charge is -2.28. The second-order valence-corrected chi connectivity index (χ2v) is 11.0. The largest absolute Gasteiger partial charge is 0.490 e. The van der Waals surface area contributed by atoms with Crippen LogP contribution in [-0.2, 0) is 9.53 Å². The Hall–Kier alpha value is -4.75. The first-order valence-corrected chi connectivity index (χ1v) is 14.3. The number of anilines is 1. The minimum atomic E-state index is -5.08. The molecule has 2 fully saturated rings. The number of carboxylic acids is 2. The Kier molecular flexibility index (Phi) is 8.06. The van der Waals surface area contributed by atoms with E-state index in [9.17, 15) is 23.1 Å². The molecular formula is C31H25ClF3N5O5. The summed E-state index contributed by atoms with van der Waals surface area (Å²) in [6.45, 7) is 2.77. The SMILES string of the molecule is O=C(O)C(F)(F)F.O=C(O)c1ccc(-c2c([C@@H]3C[C@@H]3c3ccc4ccccc4n3)nc3c(N4CCOCC4)cc(Cl)nn23)cc1. The standard InChI is InChI=1S/C29H24ClN5O3.C2HF3O2/c30-25-16-24(34-11-13-38-14-12-34)28-32-26(27(35(28)33-25)18-5-7-19(8-6-18)29(36)37)21-15-20(21)23-10-9-17-3-1-2-4-22(17)31-23;3-2(4,5)1(6)7/h1-10,16,20-21H,11-15H2,(H,36,37);(H,6,7)/t20-,21+;/m0./s1. The number of pyridine rings is 1. The average Bonchev–Trinajstić information content (AvgIpc) is 3.74. The molecule has 2 atom stereocenters. The summed E-state index contributed by atoms with van der Waals surface area (Å²) in [4.78, 5) is 32.7. The number of nitrogens with zero attached hydrogens (tertiary/aromatic N) is 5. The zero-order valence-electron chi connectivity index (χ0n) is 23.4. The number of alkyl halides is 3. The zero-order valence-corrected chi connectivity index (χ0v) is 24.2. The predicted molar refractivity (Wildman–Crippen MR) is 159 cm³/mol. The molecule has 1 aliphatic heterocycles. The second kappa shape index (κ2) is 12.0. The first kappa shape index (κ1) is 30.3. The number of fused-ring (bicyclic) bond motifs is 2. The van der Waals surface area contributed by atoms with Gasteiger partial charge in [-0.1, -0.05) is 48.0 Å². The highest BCUT2D eigenvalue weighted by Crippen LogP contribution is 2.56. The summed E-state index contributed by atoms with van der Waals surface area (Å²) >= 11 is 6.55. The van der Waals surface area contributed by atoms with Gasteiger partial charge in [0.2, 0.25) is 0 Å². The monoisotopic (exact) mass is 639 g/mol. The number of benzene rings is 2. The third kappa shape index (κ3) is 6.26. The van der Waals surface area contributed by atoms with Crippen LogP contribution in [0.15, 0.2) is 66.7 Å². The van der Waals surface area contributed by atoms with Crippen LogP contribution in [0.4, 0.5) is 18.9 Å².